The van der Waals surface area contributed by atoms with Gasteiger partial charge >= 0.3 is 6.03 Å². The maximum Gasteiger partial charge on any atom is 0.325 e. The number of hydrogen-bond acceptors (Lipinski definition) is 5. The Morgan fingerprint density at radius 2 is 1.82 bits per heavy atom. The molecule has 1 aliphatic carbocycles. The molecule has 3 aliphatic rings. The van der Waals surface area contributed by atoms with Gasteiger partial charge in [0.2, 0.25) is 5.91 Å². The second-order valence-electron chi connectivity index (χ2n) is 10.7. The Kier molecular flexibility index (Phi) is 6.29. The largest absolute Gasteiger partial charge is 0.497 e. The van der Waals surface area contributed by atoms with Gasteiger partial charge in [-0.1, -0.05) is 20.8 Å². The lowest BCUT2D eigenvalue weighted by Gasteiger charge is -2.43. The molecule has 1 saturated carbocycles. The van der Waals surface area contributed by atoms with Crippen LogP contribution in [0.3, 0.4) is 0 Å². The summed E-state index contributed by atoms with van der Waals surface area (Å²) in [7, 11) is 1.65. The highest BCUT2D eigenvalue weighted by atomic mass is 16.5. The first-order valence-corrected chi connectivity index (χ1v) is 11.9. The van der Waals surface area contributed by atoms with Crippen molar-refractivity contribution in [2.24, 2.45) is 11.3 Å². The smallest absolute Gasteiger partial charge is 0.325 e. The monoisotopic (exact) mass is 456 g/mol. The van der Waals surface area contributed by atoms with Gasteiger partial charge < -0.3 is 19.9 Å². The molecule has 1 aromatic carbocycles. The first kappa shape index (κ1) is 23.4. The van der Waals surface area contributed by atoms with Gasteiger partial charge in [0, 0.05) is 31.9 Å². The molecule has 2 unspecified atom stereocenters. The van der Waals surface area contributed by atoms with Crippen LogP contribution in [0.4, 0.5) is 10.5 Å². The summed E-state index contributed by atoms with van der Waals surface area (Å²) in [5, 5.41) is 2.96. The molecule has 2 saturated heterocycles. The lowest BCUT2D eigenvalue weighted by Crippen LogP contribution is -2.54. The van der Waals surface area contributed by atoms with E-state index in [2.05, 4.69) is 31.0 Å². The summed E-state index contributed by atoms with van der Waals surface area (Å²) in [6, 6.07) is 7.48. The molecule has 8 nitrogen and oxygen atoms in total. The molecule has 180 valence electrons. The second kappa shape index (κ2) is 8.88. The molecule has 2 atom stereocenters. The maximum absolute atomic E-state index is 13.4. The third kappa shape index (κ3) is 4.80. The second-order valence-corrected chi connectivity index (χ2v) is 10.7. The van der Waals surface area contributed by atoms with Crippen LogP contribution in [0.15, 0.2) is 24.3 Å². The van der Waals surface area contributed by atoms with E-state index in [0.29, 0.717) is 38.4 Å². The SMILES string of the molecule is COc1ccc(N2CCCN(C(=O)CN3C(=O)NC4(CC(C)CC(C)(C)C4)C3=O)CC2)cc1. The molecular weight excluding hydrogens is 420 g/mol. The van der Waals surface area contributed by atoms with E-state index in [9.17, 15) is 14.4 Å². The number of carbonyl (C=O) groups is 3. The van der Waals surface area contributed by atoms with E-state index in [4.69, 9.17) is 4.74 Å². The zero-order chi connectivity index (χ0) is 23.8. The van der Waals surface area contributed by atoms with Crippen LogP contribution in [0.2, 0.25) is 0 Å². The van der Waals surface area contributed by atoms with E-state index in [1.54, 1.807) is 12.0 Å². The van der Waals surface area contributed by atoms with Gasteiger partial charge in [0.1, 0.15) is 17.8 Å². The topological polar surface area (TPSA) is 82.2 Å². The Hall–Kier alpha value is -2.77. The fourth-order valence-corrected chi connectivity index (χ4v) is 6.10. The first-order chi connectivity index (χ1) is 15.6. The van der Waals surface area contributed by atoms with E-state index >= 15 is 0 Å². The van der Waals surface area contributed by atoms with Gasteiger partial charge in [0.25, 0.3) is 5.91 Å². The number of methoxy groups -OCH3 is 1. The molecule has 1 spiro atoms. The summed E-state index contributed by atoms with van der Waals surface area (Å²) < 4.78 is 5.23. The number of rotatable bonds is 4. The Morgan fingerprint density at radius 1 is 1.09 bits per heavy atom. The number of ether oxygens (including phenoxy) is 1. The van der Waals surface area contributed by atoms with Crippen molar-refractivity contribution in [3.8, 4) is 5.75 Å². The lowest BCUT2D eigenvalue weighted by atomic mass is 9.64. The number of nitrogens with zero attached hydrogens (tertiary/aromatic N) is 3. The molecule has 4 amide bonds. The third-order valence-electron chi connectivity index (χ3n) is 7.20. The molecule has 8 heteroatoms. The number of urea groups is 1. The highest BCUT2D eigenvalue weighted by Gasteiger charge is 2.56. The van der Waals surface area contributed by atoms with Crippen LogP contribution in [0, 0.1) is 11.3 Å². The van der Waals surface area contributed by atoms with E-state index in [1.807, 2.05) is 24.3 Å². The van der Waals surface area contributed by atoms with Crippen molar-refractivity contribution in [2.75, 3.05) is 44.7 Å². The number of hydrogen-bond donors (Lipinski definition) is 1. The van der Waals surface area contributed by atoms with Crippen molar-refractivity contribution in [3.63, 3.8) is 0 Å². The summed E-state index contributed by atoms with van der Waals surface area (Å²) in [5.41, 5.74) is 0.189. The Balaban J connectivity index is 1.39. The standard InChI is InChI=1S/C25H36N4O4/c1-18-14-24(2,3)17-25(15-18)22(31)29(23(32)26-25)16-21(30)28-11-5-10-27(12-13-28)19-6-8-20(33-4)9-7-19/h6-9,18H,5,10-17H2,1-4H3,(H,26,32). The van der Waals surface area contributed by atoms with E-state index < -0.39 is 11.6 Å². The van der Waals surface area contributed by atoms with Gasteiger partial charge in [-0.3, -0.25) is 14.5 Å². The van der Waals surface area contributed by atoms with Crippen molar-refractivity contribution < 1.29 is 19.1 Å². The average molecular weight is 457 g/mol. The van der Waals surface area contributed by atoms with Crippen LogP contribution in [0.1, 0.15) is 46.5 Å². The van der Waals surface area contributed by atoms with Gasteiger partial charge in [-0.25, -0.2) is 4.79 Å². The summed E-state index contributed by atoms with van der Waals surface area (Å²) >= 11 is 0. The third-order valence-corrected chi connectivity index (χ3v) is 7.20. The van der Waals surface area contributed by atoms with Gasteiger partial charge in [-0.05, 0) is 61.3 Å². The highest BCUT2D eigenvalue weighted by molar-refractivity contribution is 6.09. The lowest BCUT2D eigenvalue weighted by molar-refractivity contribution is -0.140. The van der Waals surface area contributed by atoms with Crippen LogP contribution in [0.25, 0.3) is 0 Å². The molecule has 2 aliphatic heterocycles. The Labute approximate surface area is 196 Å². The van der Waals surface area contributed by atoms with Gasteiger partial charge in [0.15, 0.2) is 0 Å². The summed E-state index contributed by atoms with van der Waals surface area (Å²) in [4.78, 5) is 44.4. The van der Waals surface area contributed by atoms with Crippen molar-refractivity contribution in [3.05, 3.63) is 24.3 Å². The molecular formula is C25H36N4O4. The van der Waals surface area contributed by atoms with Crippen LogP contribution < -0.4 is 15.0 Å². The van der Waals surface area contributed by atoms with Gasteiger partial charge in [-0.15, -0.1) is 0 Å². The quantitative estimate of drug-likeness (QED) is 0.705. The van der Waals surface area contributed by atoms with E-state index in [0.717, 1.165) is 35.7 Å². The Morgan fingerprint density at radius 3 is 2.48 bits per heavy atom. The highest BCUT2D eigenvalue weighted by Crippen LogP contribution is 2.46. The van der Waals surface area contributed by atoms with Crippen molar-refractivity contribution in [2.45, 2.75) is 52.0 Å². The predicted molar refractivity (Wildman–Crippen MR) is 126 cm³/mol. The zero-order valence-corrected chi connectivity index (χ0v) is 20.2. The minimum absolute atomic E-state index is 0.0314. The zero-order valence-electron chi connectivity index (χ0n) is 20.2. The first-order valence-electron chi connectivity index (χ1n) is 11.9. The number of amides is 4. The van der Waals surface area contributed by atoms with Crippen LogP contribution >= 0.6 is 0 Å². The minimum Gasteiger partial charge on any atom is -0.497 e. The fraction of sp³-hybridized carbons (Fsp3) is 0.640. The number of nitrogens with one attached hydrogen (secondary N) is 1. The minimum atomic E-state index is -0.873. The number of imide groups is 1. The number of anilines is 1. The molecule has 2 heterocycles. The summed E-state index contributed by atoms with van der Waals surface area (Å²) in [5.74, 6) is 0.737. The van der Waals surface area contributed by atoms with E-state index in [1.165, 1.54) is 0 Å². The van der Waals surface area contributed by atoms with E-state index in [-0.39, 0.29) is 23.8 Å². The molecule has 0 aromatic heterocycles. The molecule has 1 aromatic rings. The number of benzene rings is 1. The van der Waals surface area contributed by atoms with Gasteiger partial charge in [0.05, 0.1) is 7.11 Å². The van der Waals surface area contributed by atoms with Crippen molar-refractivity contribution in [1.29, 1.82) is 0 Å². The van der Waals surface area contributed by atoms with Crippen LogP contribution in [-0.2, 0) is 9.59 Å². The summed E-state index contributed by atoms with van der Waals surface area (Å²) in [6.07, 6.45) is 3.09. The molecule has 4 rings (SSSR count). The summed E-state index contributed by atoms with van der Waals surface area (Å²) in [6.45, 7) is 8.94. The van der Waals surface area contributed by atoms with Crippen LogP contribution in [-0.4, -0.2) is 73.0 Å². The number of carbonyl (C=O) groups excluding carboxylic acids is 3. The molecule has 0 bridgehead atoms. The molecule has 0 radical (unpaired) electrons. The molecule has 1 N–H and O–H groups in total. The normalized spacial score (nSPS) is 27.5. The van der Waals surface area contributed by atoms with Crippen molar-refractivity contribution in [1.82, 2.24) is 15.1 Å². The van der Waals surface area contributed by atoms with Crippen molar-refractivity contribution >= 4 is 23.5 Å². The average Bonchev–Trinajstić information content (AvgIpc) is 2.93. The van der Waals surface area contributed by atoms with Crippen LogP contribution in [0.5, 0.6) is 5.75 Å². The maximum atomic E-state index is 13.4. The Bertz CT molecular complexity index is 915. The molecule has 33 heavy (non-hydrogen) atoms. The van der Waals surface area contributed by atoms with Gasteiger partial charge in [-0.2, -0.15) is 0 Å². The predicted octanol–water partition coefficient (Wildman–Crippen LogP) is 2.87. The molecule has 3 fully saturated rings. The fourth-order valence-electron chi connectivity index (χ4n) is 6.10.